The van der Waals surface area contributed by atoms with Crippen LogP contribution in [0.5, 0.6) is 0 Å². The van der Waals surface area contributed by atoms with Crippen molar-refractivity contribution >= 4 is 5.91 Å². The molecular weight excluding hydrogens is 228 g/mol. The van der Waals surface area contributed by atoms with E-state index in [4.69, 9.17) is 4.74 Å². The van der Waals surface area contributed by atoms with Crippen LogP contribution in [0.4, 0.5) is 0 Å². The van der Waals surface area contributed by atoms with Crippen LogP contribution in [0.25, 0.3) is 0 Å². The first-order valence-electron chi connectivity index (χ1n) is 6.26. The fourth-order valence-corrected chi connectivity index (χ4v) is 2.12. The van der Waals surface area contributed by atoms with Gasteiger partial charge in [0.05, 0.1) is 19.7 Å². The second-order valence-electron chi connectivity index (χ2n) is 4.85. The number of benzene rings is 1. The smallest absolute Gasteiger partial charge is 0.236 e. The third-order valence-corrected chi connectivity index (χ3v) is 3.04. The summed E-state index contributed by atoms with van der Waals surface area (Å²) in [4.78, 5) is 15.8. The zero-order valence-electron chi connectivity index (χ0n) is 11.0. The summed E-state index contributed by atoms with van der Waals surface area (Å²) in [6.07, 6.45) is 0.00561. The van der Waals surface area contributed by atoms with Crippen LogP contribution in [0.1, 0.15) is 11.7 Å². The highest BCUT2D eigenvalue weighted by atomic mass is 16.5. The molecule has 0 radical (unpaired) electrons. The third kappa shape index (κ3) is 3.31. The second-order valence-corrected chi connectivity index (χ2v) is 4.85. The molecule has 1 saturated heterocycles. The van der Waals surface area contributed by atoms with Gasteiger partial charge in [-0.3, -0.25) is 4.79 Å². The number of rotatable bonds is 3. The number of hydrogen-bond acceptors (Lipinski definition) is 3. The van der Waals surface area contributed by atoms with Crippen molar-refractivity contribution in [1.29, 1.82) is 0 Å². The Hall–Kier alpha value is -1.39. The first-order valence-corrected chi connectivity index (χ1v) is 6.26. The van der Waals surface area contributed by atoms with Crippen LogP contribution >= 0.6 is 0 Å². The molecule has 0 spiro atoms. The fourth-order valence-electron chi connectivity index (χ4n) is 2.12. The van der Waals surface area contributed by atoms with Gasteiger partial charge in [-0.15, -0.1) is 0 Å². The standard InChI is InChI=1S/C14H20N2O2/c1-15(2)11-14(17)16-8-9-18-13(10-16)12-6-4-3-5-7-12/h3-7,13H,8-11H2,1-2H3/t13-/m1/s1. The van der Waals surface area contributed by atoms with Crippen LogP contribution in [0.2, 0.25) is 0 Å². The maximum absolute atomic E-state index is 12.0. The Morgan fingerprint density at radius 2 is 2.11 bits per heavy atom. The van der Waals surface area contributed by atoms with Gasteiger partial charge in [0.15, 0.2) is 0 Å². The van der Waals surface area contributed by atoms with E-state index in [0.29, 0.717) is 26.2 Å². The Bertz CT molecular complexity index is 392. The minimum absolute atomic E-state index is 0.00561. The summed E-state index contributed by atoms with van der Waals surface area (Å²) in [7, 11) is 3.82. The molecule has 98 valence electrons. The van der Waals surface area contributed by atoms with Gasteiger partial charge in [0.2, 0.25) is 5.91 Å². The molecule has 0 unspecified atom stereocenters. The molecule has 1 heterocycles. The van der Waals surface area contributed by atoms with E-state index in [2.05, 4.69) is 0 Å². The lowest BCUT2D eigenvalue weighted by molar-refractivity contribution is -0.139. The van der Waals surface area contributed by atoms with Crippen LogP contribution in [-0.2, 0) is 9.53 Å². The van der Waals surface area contributed by atoms with Gasteiger partial charge in [-0.1, -0.05) is 30.3 Å². The second kappa shape index (κ2) is 5.98. The minimum Gasteiger partial charge on any atom is -0.370 e. The van der Waals surface area contributed by atoms with Crippen LogP contribution < -0.4 is 0 Å². The zero-order chi connectivity index (χ0) is 13.0. The summed E-state index contributed by atoms with van der Waals surface area (Å²) < 4.78 is 5.74. The molecule has 2 rings (SSSR count). The Kier molecular flexibility index (Phi) is 4.33. The molecule has 1 atom stereocenters. The predicted molar refractivity (Wildman–Crippen MR) is 70.3 cm³/mol. The third-order valence-electron chi connectivity index (χ3n) is 3.04. The lowest BCUT2D eigenvalue weighted by Crippen LogP contribution is -2.45. The molecule has 18 heavy (non-hydrogen) atoms. The molecule has 1 aliphatic heterocycles. The monoisotopic (exact) mass is 248 g/mol. The summed E-state index contributed by atoms with van der Waals surface area (Å²) >= 11 is 0. The number of hydrogen-bond donors (Lipinski definition) is 0. The topological polar surface area (TPSA) is 32.8 Å². The number of morpholine rings is 1. The van der Waals surface area contributed by atoms with Gasteiger partial charge in [0, 0.05) is 6.54 Å². The van der Waals surface area contributed by atoms with E-state index in [1.165, 1.54) is 0 Å². The number of likely N-dealkylation sites (N-methyl/N-ethyl adjacent to an activating group) is 1. The molecule has 1 aromatic rings. The van der Waals surface area contributed by atoms with Gasteiger partial charge >= 0.3 is 0 Å². The Morgan fingerprint density at radius 1 is 1.39 bits per heavy atom. The van der Waals surface area contributed by atoms with Gasteiger partial charge in [0.1, 0.15) is 6.10 Å². The van der Waals surface area contributed by atoms with Crippen LogP contribution in [0.3, 0.4) is 0 Å². The average Bonchev–Trinajstić information content (AvgIpc) is 2.39. The Labute approximate surface area is 108 Å². The normalized spacial score (nSPS) is 20.2. The lowest BCUT2D eigenvalue weighted by atomic mass is 10.1. The number of carbonyl (C=O) groups is 1. The van der Waals surface area contributed by atoms with Gasteiger partial charge < -0.3 is 14.5 Å². The largest absolute Gasteiger partial charge is 0.370 e. The molecule has 0 bridgehead atoms. The van der Waals surface area contributed by atoms with Crippen molar-refractivity contribution in [1.82, 2.24) is 9.80 Å². The van der Waals surface area contributed by atoms with E-state index < -0.39 is 0 Å². The Morgan fingerprint density at radius 3 is 2.78 bits per heavy atom. The van der Waals surface area contributed by atoms with Crippen molar-refractivity contribution in [2.45, 2.75) is 6.10 Å². The molecule has 1 aliphatic rings. The van der Waals surface area contributed by atoms with Crippen molar-refractivity contribution in [2.24, 2.45) is 0 Å². The van der Waals surface area contributed by atoms with Gasteiger partial charge in [-0.25, -0.2) is 0 Å². The van der Waals surface area contributed by atoms with Crippen LogP contribution in [0.15, 0.2) is 30.3 Å². The molecule has 1 fully saturated rings. The lowest BCUT2D eigenvalue weighted by Gasteiger charge is -2.33. The van der Waals surface area contributed by atoms with Crippen molar-refractivity contribution in [2.75, 3.05) is 40.3 Å². The van der Waals surface area contributed by atoms with Crippen molar-refractivity contribution < 1.29 is 9.53 Å². The summed E-state index contributed by atoms with van der Waals surface area (Å²) in [5.41, 5.74) is 1.14. The maximum Gasteiger partial charge on any atom is 0.236 e. The Balaban J connectivity index is 1.98. The SMILES string of the molecule is CN(C)CC(=O)N1CCO[C@@H](c2ccccc2)C1. The molecular formula is C14H20N2O2. The molecule has 1 aromatic carbocycles. The van der Waals surface area contributed by atoms with Gasteiger partial charge in [-0.05, 0) is 19.7 Å². The molecule has 0 N–H and O–H groups in total. The van der Waals surface area contributed by atoms with Crippen LogP contribution in [0, 0.1) is 0 Å². The van der Waals surface area contributed by atoms with E-state index in [1.807, 2.05) is 54.2 Å². The van der Waals surface area contributed by atoms with E-state index >= 15 is 0 Å². The first kappa shape index (κ1) is 13.1. The fraction of sp³-hybridized carbons (Fsp3) is 0.500. The molecule has 0 aromatic heterocycles. The minimum atomic E-state index is 0.00561. The summed E-state index contributed by atoms with van der Waals surface area (Å²) in [6.45, 7) is 2.41. The summed E-state index contributed by atoms with van der Waals surface area (Å²) in [5.74, 6) is 0.171. The van der Waals surface area contributed by atoms with Gasteiger partial charge in [0.25, 0.3) is 0 Å². The van der Waals surface area contributed by atoms with Crippen molar-refractivity contribution in [3.05, 3.63) is 35.9 Å². The van der Waals surface area contributed by atoms with E-state index in [9.17, 15) is 4.79 Å². The first-order chi connectivity index (χ1) is 8.66. The number of carbonyl (C=O) groups excluding carboxylic acids is 1. The van der Waals surface area contributed by atoms with Crippen molar-refractivity contribution in [3.63, 3.8) is 0 Å². The molecule has 4 nitrogen and oxygen atoms in total. The number of ether oxygens (including phenoxy) is 1. The highest BCUT2D eigenvalue weighted by Crippen LogP contribution is 2.21. The molecule has 1 amide bonds. The average molecular weight is 248 g/mol. The number of nitrogens with zero attached hydrogens (tertiary/aromatic N) is 2. The highest BCUT2D eigenvalue weighted by molar-refractivity contribution is 5.78. The summed E-state index contributed by atoms with van der Waals surface area (Å²) in [6, 6.07) is 10.1. The summed E-state index contributed by atoms with van der Waals surface area (Å²) in [5, 5.41) is 0. The maximum atomic E-state index is 12.0. The zero-order valence-corrected chi connectivity index (χ0v) is 11.0. The highest BCUT2D eigenvalue weighted by Gasteiger charge is 2.25. The van der Waals surface area contributed by atoms with Crippen LogP contribution in [-0.4, -0.2) is 56.0 Å². The predicted octanol–water partition coefficient (Wildman–Crippen LogP) is 1.15. The molecule has 4 heteroatoms. The quantitative estimate of drug-likeness (QED) is 0.804. The molecule has 0 aliphatic carbocycles. The number of amides is 1. The molecule has 0 saturated carbocycles. The van der Waals surface area contributed by atoms with E-state index in [-0.39, 0.29) is 12.0 Å². The van der Waals surface area contributed by atoms with E-state index in [1.54, 1.807) is 0 Å². The van der Waals surface area contributed by atoms with Crippen molar-refractivity contribution in [3.8, 4) is 0 Å². The van der Waals surface area contributed by atoms with E-state index in [0.717, 1.165) is 5.56 Å². The van der Waals surface area contributed by atoms with Gasteiger partial charge in [-0.2, -0.15) is 0 Å².